The lowest BCUT2D eigenvalue weighted by molar-refractivity contribution is -0.384. The van der Waals surface area contributed by atoms with Crippen molar-refractivity contribution in [3.8, 4) is 17.1 Å². The number of ether oxygens (including phenoxy) is 1. The summed E-state index contributed by atoms with van der Waals surface area (Å²) < 4.78 is 11.8. The maximum Gasteiger partial charge on any atom is 0.273 e. The lowest BCUT2D eigenvalue weighted by atomic mass is 10.0. The number of pyridine rings is 1. The lowest BCUT2D eigenvalue weighted by Crippen LogP contribution is -2.29. The maximum atomic E-state index is 11.2. The monoisotopic (exact) mass is 486 g/mol. The second kappa shape index (κ2) is 9.19. The van der Waals surface area contributed by atoms with Crippen LogP contribution in [0.2, 0.25) is 0 Å². The van der Waals surface area contributed by atoms with E-state index in [9.17, 15) is 10.1 Å². The van der Waals surface area contributed by atoms with Crippen molar-refractivity contribution in [2.75, 3.05) is 12.0 Å². The molecule has 1 fully saturated rings. The summed E-state index contributed by atoms with van der Waals surface area (Å²) in [6.07, 6.45) is 1.75. The highest BCUT2D eigenvalue weighted by molar-refractivity contribution is 7.80. The summed E-state index contributed by atoms with van der Waals surface area (Å²) in [5.74, 6) is 1.57. The highest BCUT2D eigenvalue weighted by Gasteiger charge is 2.42. The largest absolute Gasteiger partial charge is 0.496 e. The Morgan fingerprint density at radius 1 is 1.11 bits per heavy atom. The van der Waals surface area contributed by atoms with Crippen molar-refractivity contribution < 1.29 is 14.1 Å². The van der Waals surface area contributed by atoms with Crippen molar-refractivity contribution in [3.05, 3.63) is 106 Å². The van der Waals surface area contributed by atoms with Gasteiger partial charge in [0.15, 0.2) is 5.11 Å². The molecule has 0 spiro atoms. The van der Waals surface area contributed by atoms with E-state index < -0.39 is 4.92 Å². The molecule has 2 atom stereocenters. The minimum atomic E-state index is -0.456. The normalized spacial score (nSPS) is 17.3. The zero-order valence-electron chi connectivity index (χ0n) is 19.0. The Labute approximate surface area is 207 Å². The first kappa shape index (κ1) is 22.5. The number of nitrogens with one attached hydrogen (secondary N) is 1. The molecular formula is C26H22N4O4S. The van der Waals surface area contributed by atoms with Crippen LogP contribution < -0.4 is 15.0 Å². The van der Waals surface area contributed by atoms with E-state index in [1.807, 2.05) is 60.4 Å². The van der Waals surface area contributed by atoms with Crippen molar-refractivity contribution >= 4 is 28.7 Å². The second-order valence-corrected chi connectivity index (χ2v) is 8.57. The van der Waals surface area contributed by atoms with Crippen molar-refractivity contribution in [1.29, 1.82) is 0 Å². The number of nitrogens with zero attached hydrogens (tertiary/aromatic N) is 3. The van der Waals surface area contributed by atoms with Crippen LogP contribution in [0.25, 0.3) is 11.3 Å². The van der Waals surface area contributed by atoms with Crippen LogP contribution in [0.3, 0.4) is 0 Å². The molecular weight excluding hydrogens is 464 g/mol. The fourth-order valence-corrected chi connectivity index (χ4v) is 4.70. The number of thiocarbonyl (C=S) groups is 1. The molecule has 35 heavy (non-hydrogen) atoms. The fourth-order valence-electron chi connectivity index (χ4n) is 4.35. The van der Waals surface area contributed by atoms with E-state index in [0.717, 1.165) is 16.9 Å². The van der Waals surface area contributed by atoms with Crippen LogP contribution in [-0.2, 0) is 0 Å². The van der Waals surface area contributed by atoms with Gasteiger partial charge in [0.1, 0.15) is 23.3 Å². The first-order valence-electron chi connectivity index (χ1n) is 11.0. The number of aromatic nitrogens is 1. The van der Waals surface area contributed by atoms with Gasteiger partial charge in [-0.05, 0) is 67.2 Å². The molecule has 176 valence electrons. The quantitative estimate of drug-likeness (QED) is 0.209. The highest BCUT2D eigenvalue weighted by atomic mass is 32.1. The van der Waals surface area contributed by atoms with E-state index in [-0.39, 0.29) is 17.8 Å². The van der Waals surface area contributed by atoms with Crippen molar-refractivity contribution in [2.45, 2.75) is 19.0 Å². The van der Waals surface area contributed by atoms with E-state index in [1.54, 1.807) is 12.3 Å². The zero-order valence-corrected chi connectivity index (χ0v) is 19.9. The molecule has 2 unspecified atom stereocenters. The second-order valence-electron chi connectivity index (χ2n) is 8.18. The van der Waals surface area contributed by atoms with Gasteiger partial charge in [0, 0.05) is 18.0 Å². The molecule has 8 nitrogen and oxygen atoms in total. The van der Waals surface area contributed by atoms with Gasteiger partial charge in [-0.15, -0.1) is 0 Å². The molecule has 9 heteroatoms. The number of hydrogen-bond acceptors (Lipinski definition) is 6. The van der Waals surface area contributed by atoms with Crippen molar-refractivity contribution in [3.63, 3.8) is 0 Å². The molecule has 0 radical (unpaired) electrons. The van der Waals surface area contributed by atoms with Crippen LogP contribution in [0.5, 0.6) is 5.75 Å². The van der Waals surface area contributed by atoms with Crippen LogP contribution >= 0.6 is 12.2 Å². The Hall–Kier alpha value is -4.24. The third-order valence-electron chi connectivity index (χ3n) is 5.96. The number of nitro benzene ring substituents is 1. The number of rotatable bonds is 6. The van der Waals surface area contributed by atoms with Crippen LogP contribution in [0.15, 0.2) is 83.4 Å². The van der Waals surface area contributed by atoms with Crippen molar-refractivity contribution in [2.24, 2.45) is 0 Å². The Kier molecular flexibility index (Phi) is 5.92. The first-order chi connectivity index (χ1) is 17.0. The zero-order chi connectivity index (χ0) is 24.5. The van der Waals surface area contributed by atoms with Crippen LogP contribution in [0.1, 0.15) is 29.1 Å². The summed E-state index contributed by atoms with van der Waals surface area (Å²) >= 11 is 5.76. The smallest absolute Gasteiger partial charge is 0.273 e. The van der Waals surface area contributed by atoms with Gasteiger partial charge in [0.2, 0.25) is 0 Å². The number of anilines is 1. The Morgan fingerprint density at radius 2 is 1.97 bits per heavy atom. The summed E-state index contributed by atoms with van der Waals surface area (Å²) in [6.45, 7) is 2.03. The summed E-state index contributed by atoms with van der Waals surface area (Å²) in [5, 5.41) is 15.2. The van der Waals surface area contributed by atoms with Crippen LogP contribution in [0.4, 0.5) is 11.4 Å². The summed E-state index contributed by atoms with van der Waals surface area (Å²) in [4.78, 5) is 17.3. The molecule has 3 heterocycles. The lowest BCUT2D eigenvalue weighted by Gasteiger charge is -2.26. The summed E-state index contributed by atoms with van der Waals surface area (Å²) in [6, 6.07) is 21.5. The predicted octanol–water partition coefficient (Wildman–Crippen LogP) is 5.74. The number of aryl methyl sites for hydroxylation is 1. The van der Waals surface area contributed by atoms with E-state index in [0.29, 0.717) is 27.9 Å². The van der Waals surface area contributed by atoms with Crippen molar-refractivity contribution in [1.82, 2.24) is 10.3 Å². The minimum Gasteiger partial charge on any atom is -0.496 e. The van der Waals surface area contributed by atoms with Gasteiger partial charge < -0.3 is 19.4 Å². The number of non-ortho nitro benzene ring substituents is 1. The molecule has 0 amide bonds. The van der Waals surface area contributed by atoms with E-state index in [2.05, 4.69) is 16.4 Å². The number of nitro groups is 1. The van der Waals surface area contributed by atoms with Gasteiger partial charge in [-0.1, -0.05) is 18.2 Å². The number of benzene rings is 2. The van der Waals surface area contributed by atoms with Gasteiger partial charge in [-0.3, -0.25) is 15.1 Å². The average Bonchev–Trinajstić information content (AvgIpc) is 3.48. The first-order valence-corrected chi connectivity index (χ1v) is 11.4. The third kappa shape index (κ3) is 4.22. The molecule has 0 aliphatic carbocycles. The Balaban J connectivity index is 1.60. The van der Waals surface area contributed by atoms with E-state index in [4.69, 9.17) is 21.4 Å². The molecule has 5 rings (SSSR count). The van der Waals surface area contributed by atoms with Crippen LogP contribution in [-0.4, -0.2) is 22.1 Å². The molecule has 2 aromatic heterocycles. The minimum absolute atomic E-state index is 0.0523. The number of hydrogen-bond donors (Lipinski definition) is 1. The molecule has 2 aromatic carbocycles. The van der Waals surface area contributed by atoms with E-state index >= 15 is 0 Å². The molecule has 4 aromatic rings. The third-order valence-corrected chi connectivity index (χ3v) is 6.27. The fraction of sp³-hybridized carbons (Fsp3) is 0.154. The van der Waals surface area contributed by atoms with Crippen LogP contribution in [0, 0.1) is 17.0 Å². The van der Waals surface area contributed by atoms with Gasteiger partial charge in [-0.25, -0.2) is 0 Å². The molecule has 1 aliphatic rings. The van der Waals surface area contributed by atoms with E-state index in [1.165, 1.54) is 19.2 Å². The van der Waals surface area contributed by atoms with Gasteiger partial charge in [0.05, 0.1) is 35.4 Å². The predicted molar refractivity (Wildman–Crippen MR) is 136 cm³/mol. The topological polar surface area (TPSA) is 93.7 Å². The van der Waals surface area contributed by atoms with Gasteiger partial charge >= 0.3 is 0 Å². The molecule has 1 saturated heterocycles. The number of furan rings is 1. The molecule has 1 aliphatic heterocycles. The Bertz CT molecular complexity index is 1410. The average molecular weight is 487 g/mol. The Morgan fingerprint density at radius 3 is 2.69 bits per heavy atom. The number of methoxy groups -OCH3 is 1. The maximum absolute atomic E-state index is 11.2. The molecule has 1 N–H and O–H groups in total. The molecule has 0 bridgehead atoms. The molecule has 0 saturated carbocycles. The summed E-state index contributed by atoms with van der Waals surface area (Å²) in [7, 11) is 1.47. The standard InChI is InChI=1S/C26H22N4O4S/c1-16-6-5-7-17(14-16)29-25(24(28-26(29)35)20-8-3-4-13-27-20)22-12-11-21(34-22)19-10-9-18(30(31)32)15-23(19)33-2/h3-15,24-25H,1-2H3,(H,28,35). The summed E-state index contributed by atoms with van der Waals surface area (Å²) in [5.41, 5.74) is 3.46. The van der Waals surface area contributed by atoms with Gasteiger partial charge in [-0.2, -0.15) is 0 Å². The SMILES string of the molecule is COc1cc([N+](=O)[O-])ccc1-c1ccc(C2C(c3ccccn3)NC(=S)N2c2cccc(C)c2)o1. The highest BCUT2D eigenvalue weighted by Crippen LogP contribution is 2.44. The van der Waals surface area contributed by atoms with Gasteiger partial charge in [0.25, 0.3) is 5.69 Å².